The molecule has 3 nitrogen and oxygen atoms in total. The summed E-state index contributed by atoms with van der Waals surface area (Å²) in [5, 5.41) is 0. The first-order valence-corrected chi connectivity index (χ1v) is 1.73. The van der Waals surface area contributed by atoms with Crippen molar-refractivity contribution in [3.8, 4) is 0 Å². The van der Waals surface area contributed by atoms with Crippen LogP contribution in [0.4, 0.5) is 0 Å². The average Bonchev–Trinajstić information content (AvgIpc) is 1.87. The average molecular weight is 122 g/mol. The molecule has 0 saturated carbocycles. The number of hydrogen-bond donors (Lipinski definition) is 0. The molecule has 1 aliphatic rings. The van der Waals surface area contributed by atoms with Crippen LogP contribution in [-0.2, 0) is 14.3 Å². The van der Waals surface area contributed by atoms with Gasteiger partial charge in [0.2, 0.25) is 0 Å². The van der Waals surface area contributed by atoms with Gasteiger partial charge >= 0.3 is 41.5 Å². The van der Waals surface area contributed by atoms with Crippen LogP contribution < -0.4 is 29.6 Å². The molecular weight excluding hydrogens is 119 g/mol. The van der Waals surface area contributed by atoms with E-state index in [4.69, 9.17) is 0 Å². The fourth-order valence-corrected chi connectivity index (χ4v) is 0.303. The van der Waals surface area contributed by atoms with Gasteiger partial charge in [0.1, 0.15) is 0 Å². The van der Waals surface area contributed by atoms with Gasteiger partial charge in [-0.05, 0) is 0 Å². The molecule has 0 aromatic heterocycles. The molecule has 4 heteroatoms. The molecule has 8 heavy (non-hydrogen) atoms. The zero-order valence-electron chi connectivity index (χ0n) is 5.38. The summed E-state index contributed by atoms with van der Waals surface area (Å²) in [6, 6.07) is 0. The van der Waals surface area contributed by atoms with Gasteiger partial charge < -0.3 is 6.16 Å². The molecule has 1 heterocycles. The molecule has 0 fully saturated rings. The van der Waals surface area contributed by atoms with Crippen molar-refractivity contribution in [3.05, 3.63) is 12.2 Å². The van der Waals surface area contributed by atoms with Crippen molar-refractivity contribution >= 4 is 11.9 Å². The maximum absolute atomic E-state index is 9.92. The number of cyclic esters (lactones) is 2. The Hall–Kier alpha value is -0.120. The molecule has 0 N–H and O–H groups in total. The maximum Gasteiger partial charge on any atom is 1.00 e. The van der Waals surface area contributed by atoms with Crippen LogP contribution in [0.3, 0.4) is 0 Å². The SMILES string of the molecule is O=C1C=CC(=O)O1.[H-].[Na+]. The standard InChI is InChI=1S/C4H2O3.Na.H/c5-3-1-2-4(6)7-3;;/h1-2H;;/q;+1;-1. The van der Waals surface area contributed by atoms with E-state index in [-0.39, 0.29) is 31.0 Å². The molecule has 0 radical (unpaired) electrons. The molecule has 0 aliphatic carbocycles. The predicted octanol–water partition coefficient (Wildman–Crippen LogP) is -3.26. The Balaban J connectivity index is 0. The van der Waals surface area contributed by atoms with E-state index in [1.807, 2.05) is 0 Å². The molecule has 1 rings (SSSR count). The maximum atomic E-state index is 9.92. The van der Waals surface area contributed by atoms with Gasteiger partial charge in [-0.3, -0.25) is 0 Å². The molecule has 0 unspecified atom stereocenters. The number of esters is 2. The van der Waals surface area contributed by atoms with E-state index in [9.17, 15) is 9.59 Å². The quantitative estimate of drug-likeness (QED) is 0.192. The minimum Gasteiger partial charge on any atom is -1.00 e. The molecule has 38 valence electrons. The first-order valence-electron chi connectivity index (χ1n) is 1.73. The topological polar surface area (TPSA) is 43.4 Å². The zero-order valence-corrected chi connectivity index (χ0v) is 6.38. The zero-order chi connectivity index (χ0) is 5.28. The third-order valence-electron chi connectivity index (χ3n) is 0.557. The number of rotatable bonds is 0. The number of carbonyl (C=O) groups excluding carboxylic acids is 2. The molecule has 0 spiro atoms. The largest absolute Gasteiger partial charge is 1.00 e. The Morgan fingerprint density at radius 2 is 1.62 bits per heavy atom. The Morgan fingerprint density at radius 3 is 1.75 bits per heavy atom. The molecule has 0 atom stereocenters. The second-order valence-corrected chi connectivity index (χ2v) is 1.07. The van der Waals surface area contributed by atoms with Crippen molar-refractivity contribution in [1.82, 2.24) is 0 Å². The molecule has 0 bridgehead atoms. The molecule has 0 aromatic rings. The second kappa shape index (κ2) is 3.02. The molecule has 0 amide bonds. The molecule has 1 aliphatic heterocycles. The molecular formula is C4H3NaO3. The van der Waals surface area contributed by atoms with E-state index in [1.54, 1.807) is 0 Å². The van der Waals surface area contributed by atoms with Crippen LogP contribution in [0.15, 0.2) is 12.2 Å². The minimum absolute atomic E-state index is 0. The fraction of sp³-hybridized carbons (Fsp3) is 0. The smallest absolute Gasteiger partial charge is 1.00 e. The van der Waals surface area contributed by atoms with Crippen molar-refractivity contribution in [2.75, 3.05) is 0 Å². The number of hydrogen-bond acceptors (Lipinski definition) is 3. The van der Waals surface area contributed by atoms with Gasteiger partial charge in [-0.25, -0.2) is 9.59 Å². The summed E-state index contributed by atoms with van der Waals surface area (Å²) < 4.78 is 3.97. The summed E-state index contributed by atoms with van der Waals surface area (Å²) in [5.74, 6) is -1.16. The monoisotopic (exact) mass is 122 g/mol. The van der Waals surface area contributed by atoms with Crippen LogP contribution in [0.1, 0.15) is 1.43 Å². The van der Waals surface area contributed by atoms with Gasteiger partial charge in [0.25, 0.3) is 0 Å². The summed E-state index contributed by atoms with van der Waals surface area (Å²) in [6.45, 7) is 0. The molecule has 0 saturated heterocycles. The van der Waals surface area contributed by atoms with Crippen molar-refractivity contribution in [1.29, 1.82) is 0 Å². The third kappa shape index (κ3) is 1.78. The fourth-order valence-electron chi connectivity index (χ4n) is 0.303. The van der Waals surface area contributed by atoms with Crippen LogP contribution >= 0.6 is 0 Å². The Bertz CT molecular complexity index is 138. The van der Waals surface area contributed by atoms with Gasteiger partial charge in [0.15, 0.2) is 0 Å². The van der Waals surface area contributed by atoms with E-state index in [0.717, 1.165) is 12.2 Å². The van der Waals surface area contributed by atoms with Gasteiger partial charge in [0.05, 0.1) is 0 Å². The van der Waals surface area contributed by atoms with E-state index in [2.05, 4.69) is 4.74 Å². The minimum atomic E-state index is -0.579. The van der Waals surface area contributed by atoms with Crippen molar-refractivity contribution in [2.24, 2.45) is 0 Å². The Labute approximate surface area is 69.5 Å². The van der Waals surface area contributed by atoms with Crippen molar-refractivity contribution in [3.63, 3.8) is 0 Å². The van der Waals surface area contributed by atoms with Crippen molar-refractivity contribution < 1.29 is 45.3 Å². The van der Waals surface area contributed by atoms with E-state index >= 15 is 0 Å². The van der Waals surface area contributed by atoms with Crippen LogP contribution in [0, 0.1) is 0 Å². The first kappa shape index (κ1) is 7.88. The van der Waals surface area contributed by atoms with Crippen molar-refractivity contribution in [2.45, 2.75) is 0 Å². The van der Waals surface area contributed by atoms with Crippen LogP contribution in [0.25, 0.3) is 0 Å². The van der Waals surface area contributed by atoms with Crippen LogP contribution in [-0.4, -0.2) is 11.9 Å². The van der Waals surface area contributed by atoms with Gasteiger partial charge in [-0.15, -0.1) is 0 Å². The second-order valence-electron chi connectivity index (χ2n) is 1.07. The first-order chi connectivity index (χ1) is 3.29. The Kier molecular flexibility index (Phi) is 2.97. The summed E-state index contributed by atoms with van der Waals surface area (Å²) in [4.78, 5) is 19.8. The van der Waals surface area contributed by atoms with Gasteiger partial charge in [-0.2, -0.15) is 0 Å². The number of carbonyl (C=O) groups is 2. The summed E-state index contributed by atoms with van der Waals surface area (Å²) in [5.41, 5.74) is 0. The van der Waals surface area contributed by atoms with Gasteiger partial charge in [-0.1, -0.05) is 0 Å². The summed E-state index contributed by atoms with van der Waals surface area (Å²) >= 11 is 0. The van der Waals surface area contributed by atoms with Gasteiger partial charge in [0, 0.05) is 12.2 Å². The van der Waals surface area contributed by atoms with Crippen LogP contribution in [0.5, 0.6) is 0 Å². The third-order valence-corrected chi connectivity index (χ3v) is 0.557. The summed E-state index contributed by atoms with van der Waals surface area (Å²) in [6.07, 6.45) is 2.17. The normalized spacial score (nSPS) is 15.5. The van der Waals surface area contributed by atoms with E-state index in [0.29, 0.717) is 0 Å². The Morgan fingerprint density at radius 1 is 1.25 bits per heavy atom. The molecule has 0 aromatic carbocycles. The number of ether oxygens (including phenoxy) is 1. The predicted molar refractivity (Wildman–Crippen MR) is 21.4 cm³/mol. The van der Waals surface area contributed by atoms with E-state index < -0.39 is 11.9 Å². The summed E-state index contributed by atoms with van der Waals surface area (Å²) in [7, 11) is 0. The van der Waals surface area contributed by atoms with Crippen LogP contribution in [0.2, 0.25) is 0 Å². The van der Waals surface area contributed by atoms with E-state index in [1.165, 1.54) is 0 Å².